The monoisotopic (exact) mass is 646 g/mol. The van der Waals surface area contributed by atoms with Crippen molar-refractivity contribution in [3.05, 3.63) is 59.7 Å². The Morgan fingerprint density at radius 2 is 1.13 bits per heavy atom. The van der Waals surface area contributed by atoms with Gasteiger partial charge in [0.2, 0.25) is 0 Å². The van der Waals surface area contributed by atoms with Gasteiger partial charge in [-0.25, -0.2) is 14.4 Å². The summed E-state index contributed by atoms with van der Waals surface area (Å²) < 4.78 is 16.8. The maximum atomic E-state index is 13.0. The first-order chi connectivity index (χ1) is 22.3. The fourth-order valence-electron chi connectivity index (χ4n) is 7.53. The molecule has 10 nitrogen and oxygen atoms in total. The summed E-state index contributed by atoms with van der Waals surface area (Å²) in [4.78, 5) is 43.0. The Balaban J connectivity index is 0.000000215. The number of amides is 3. The highest BCUT2D eigenvalue weighted by Gasteiger charge is 2.45. The van der Waals surface area contributed by atoms with Gasteiger partial charge in [0.15, 0.2) is 0 Å². The second kappa shape index (κ2) is 13.0. The molecule has 0 radical (unpaired) electrons. The number of hydrogen-bond donors (Lipinski definition) is 1. The third kappa shape index (κ3) is 7.37. The number of nitrogens with one attached hydrogen (secondary N) is 1. The van der Waals surface area contributed by atoms with Gasteiger partial charge in [-0.2, -0.15) is 0 Å². The molecule has 6 saturated heterocycles. The SMILES string of the molecule is CC(C)(C)OC(=O)N1C[C@H]2CC[C@@H]1CN2.CC(C)(C)OC(=O)N1C[C@H]2CC[C@@H]1CN2C(=O)OCC1c2ccccc2-c2ccccc21. The Kier molecular flexibility index (Phi) is 9.17. The third-order valence-corrected chi connectivity index (χ3v) is 9.70. The van der Waals surface area contributed by atoms with Gasteiger partial charge in [-0.1, -0.05) is 48.5 Å². The Labute approximate surface area is 278 Å². The summed E-state index contributed by atoms with van der Waals surface area (Å²) in [6, 6.07) is 17.4. The fourth-order valence-corrected chi connectivity index (χ4v) is 7.53. The average Bonchev–Trinajstić information content (AvgIpc) is 3.36. The van der Waals surface area contributed by atoms with Crippen molar-refractivity contribution in [2.45, 2.75) is 109 Å². The zero-order valence-electron chi connectivity index (χ0n) is 28.7. The van der Waals surface area contributed by atoms with Crippen LogP contribution in [0.5, 0.6) is 0 Å². The predicted molar refractivity (Wildman–Crippen MR) is 179 cm³/mol. The van der Waals surface area contributed by atoms with Gasteiger partial charge in [-0.3, -0.25) is 0 Å². The van der Waals surface area contributed by atoms with E-state index in [1.54, 1.807) is 4.90 Å². The van der Waals surface area contributed by atoms with E-state index in [1.807, 2.05) is 75.6 Å². The first kappa shape index (κ1) is 33.1. The van der Waals surface area contributed by atoms with E-state index >= 15 is 0 Å². The van der Waals surface area contributed by atoms with Crippen LogP contribution in [0.4, 0.5) is 14.4 Å². The van der Waals surface area contributed by atoms with Gasteiger partial charge in [0.25, 0.3) is 0 Å². The van der Waals surface area contributed by atoms with E-state index in [0.29, 0.717) is 31.8 Å². The van der Waals surface area contributed by atoms with Crippen molar-refractivity contribution < 1.29 is 28.6 Å². The lowest BCUT2D eigenvalue weighted by Gasteiger charge is -2.50. The smallest absolute Gasteiger partial charge is 0.410 e. The molecule has 47 heavy (non-hydrogen) atoms. The topological polar surface area (TPSA) is 101 Å². The first-order valence-corrected chi connectivity index (χ1v) is 17.1. The number of ether oxygens (including phenoxy) is 3. The Morgan fingerprint density at radius 1 is 0.660 bits per heavy atom. The van der Waals surface area contributed by atoms with Gasteiger partial charge in [0, 0.05) is 44.2 Å². The largest absolute Gasteiger partial charge is 0.448 e. The van der Waals surface area contributed by atoms with Gasteiger partial charge >= 0.3 is 18.3 Å². The molecule has 2 aromatic rings. The highest BCUT2D eigenvalue weighted by Crippen LogP contribution is 2.44. The summed E-state index contributed by atoms with van der Waals surface area (Å²) in [5, 5.41) is 3.42. The van der Waals surface area contributed by atoms with Crippen LogP contribution in [0.1, 0.15) is 84.3 Å². The molecule has 4 bridgehead atoms. The van der Waals surface area contributed by atoms with Crippen LogP contribution in [0.25, 0.3) is 11.1 Å². The lowest BCUT2D eigenvalue weighted by atomic mass is 9.91. The molecular formula is C37H50N4O6. The van der Waals surface area contributed by atoms with E-state index in [0.717, 1.165) is 32.4 Å². The number of rotatable bonds is 2. The van der Waals surface area contributed by atoms with Crippen molar-refractivity contribution in [1.29, 1.82) is 0 Å². The molecule has 1 N–H and O–H groups in total. The maximum Gasteiger partial charge on any atom is 0.410 e. The van der Waals surface area contributed by atoms with Crippen LogP contribution in [0, 0.1) is 0 Å². The molecule has 9 rings (SSSR count). The zero-order valence-corrected chi connectivity index (χ0v) is 28.7. The Hall–Kier alpha value is -3.79. The van der Waals surface area contributed by atoms with Crippen molar-refractivity contribution in [2.24, 2.45) is 0 Å². The molecule has 6 heterocycles. The average molecular weight is 647 g/mol. The lowest BCUT2D eigenvalue weighted by Crippen LogP contribution is -2.65. The molecule has 0 spiro atoms. The van der Waals surface area contributed by atoms with E-state index in [9.17, 15) is 14.4 Å². The standard InChI is InChI=1S/C26H30N2O4.C11H20N2O2/c1-26(2,3)32-25(30)28-15-17-12-13-18(28)14-27(17)24(29)31-16-23-21-10-6-4-8-19(21)20-9-5-7-11-22(20)23;1-11(2,3)15-10(14)13-7-8-4-5-9(13)6-12-8/h4-11,17-18,23H,12-16H2,1-3H3;8-9,12H,4-7H2,1-3H3/t17-,18-;8-,9-/m11/s1. The highest BCUT2D eigenvalue weighted by atomic mass is 16.6. The minimum absolute atomic E-state index is 0.0182. The van der Waals surface area contributed by atoms with E-state index in [4.69, 9.17) is 14.2 Å². The van der Waals surface area contributed by atoms with Crippen LogP contribution in [0.3, 0.4) is 0 Å². The molecule has 1 aliphatic carbocycles. The van der Waals surface area contributed by atoms with Crippen LogP contribution in [0.2, 0.25) is 0 Å². The number of hydrogen-bond acceptors (Lipinski definition) is 7. The number of nitrogens with zero attached hydrogens (tertiary/aromatic N) is 3. The van der Waals surface area contributed by atoms with E-state index in [-0.39, 0.29) is 41.9 Å². The second-order valence-electron chi connectivity index (χ2n) is 15.4. The van der Waals surface area contributed by atoms with Crippen molar-refractivity contribution in [3.63, 3.8) is 0 Å². The third-order valence-electron chi connectivity index (χ3n) is 9.70. The van der Waals surface area contributed by atoms with E-state index in [2.05, 4.69) is 29.6 Å². The molecule has 0 saturated carbocycles. The minimum atomic E-state index is -0.528. The number of carbonyl (C=O) groups is 3. The van der Waals surface area contributed by atoms with Crippen molar-refractivity contribution in [1.82, 2.24) is 20.0 Å². The van der Waals surface area contributed by atoms with Gasteiger partial charge in [0.05, 0.1) is 12.1 Å². The number of benzene rings is 2. The van der Waals surface area contributed by atoms with Crippen LogP contribution >= 0.6 is 0 Å². The predicted octanol–water partition coefficient (Wildman–Crippen LogP) is 6.38. The van der Waals surface area contributed by atoms with Crippen LogP contribution < -0.4 is 5.32 Å². The van der Waals surface area contributed by atoms with Gasteiger partial charge in [-0.05, 0) is 89.5 Å². The van der Waals surface area contributed by atoms with Gasteiger partial charge in [0.1, 0.15) is 17.8 Å². The number of piperidine rings is 4. The van der Waals surface area contributed by atoms with E-state index in [1.165, 1.54) is 28.7 Å². The molecule has 4 atom stereocenters. The summed E-state index contributed by atoms with van der Waals surface area (Å²) in [6.07, 6.45) is 3.33. The molecule has 3 amide bonds. The molecule has 6 fully saturated rings. The van der Waals surface area contributed by atoms with Gasteiger partial charge < -0.3 is 34.2 Å². The summed E-state index contributed by atoms with van der Waals surface area (Å²) >= 11 is 0. The number of piperazine rings is 2. The Morgan fingerprint density at radius 3 is 1.55 bits per heavy atom. The molecule has 7 aliphatic rings. The van der Waals surface area contributed by atoms with Crippen molar-refractivity contribution in [3.8, 4) is 11.1 Å². The minimum Gasteiger partial charge on any atom is -0.448 e. The van der Waals surface area contributed by atoms with Gasteiger partial charge in [-0.15, -0.1) is 0 Å². The maximum absolute atomic E-state index is 13.0. The normalized spacial score (nSPS) is 24.6. The molecule has 0 unspecified atom stereocenters. The zero-order chi connectivity index (χ0) is 33.5. The second-order valence-corrected chi connectivity index (χ2v) is 15.4. The fraction of sp³-hybridized carbons (Fsp3) is 0.595. The molecule has 6 aliphatic heterocycles. The molecule has 0 aromatic heterocycles. The van der Waals surface area contributed by atoms with Crippen molar-refractivity contribution >= 4 is 18.3 Å². The number of carbonyl (C=O) groups excluding carboxylic acids is 3. The highest BCUT2D eigenvalue weighted by molar-refractivity contribution is 5.79. The number of fused-ring (bicyclic) bond motifs is 9. The summed E-state index contributed by atoms with van der Waals surface area (Å²) in [6.45, 7) is 14.4. The van der Waals surface area contributed by atoms with Crippen molar-refractivity contribution in [2.75, 3.05) is 32.8 Å². The summed E-state index contributed by atoms with van der Waals surface area (Å²) in [5.74, 6) is 0.0478. The Bertz CT molecular complexity index is 1430. The quantitative estimate of drug-likeness (QED) is 0.378. The van der Waals surface area contributed by atoms with Crippen LogP contribution in [0.15, 0.2) is 48.5 Å². The summed E-state index contributed by atoms with van der Waals surface area (Å²) in [5.41, 5.74) is 3.93. The lowest BCUT2D eigenvalue weighted by molar-refractivity contribution is -0.0393. The van der Waals surface area contributed by atoms with Crippen LogP contribution in [-0.2, 0) is 14.2 Å². The molecular weight excluding hydrogens is 596 g/mol. The molecule has 2 aromatic carbocycles. The van der Waals surface area contributed by atoms with Crippen LogP contribution in [-0.4, -0.2) is 101 Å². The van der Waals surface area contributed by atoms with E-state index < -0.39 is 5.60 Å². The molecule has 10 heteroatoms. The first-order valence-electron chi connectivity index (χ1n) is 17.1. The summed E-state index contributed by atoms with van der Waals surface area (Å²) in [7, 11) is 0. The molecule has 254 valence electrons.